The van der Waals surface area contributed by atoms with Crippen molar-refractivity contribution in [1.29, 1.82) is 5.26 Å². The highest BCUT2D eigenvalue weighted by molar-refractivity contribution is 14.0. The van der Waals surface area contributed by atoms with Gasteiger partial charge in [0.25, 0.3) is 0 Å². The Morgan fingerprint density at radius 1 is 1.33 bits per heavy atom. The van der Waals surface area contributed by atoms with Crippen LogP contribution in [-0.4, -0.2) is 53.4 Å². The van der Waals surface area contributed by atoms with Gasteiger partial charge >= 0.3 is 0 Å². The van der Waals surface area contributed by atoms with Crippen LogP contribution in [0.1, 0.15) is 31.2 Å². The number of rotatable bonds is 7. The summed E-state index contributed by atoms with van der Waals surface area (Å²) in [7, 11) is 0. The highest BCUT2D eigenvalue weighted by atomic mass is 127. The predicted molar refractivity (Wildman–Crippen MR) is 139 cm³/mol. The van der Waals surface area contributed by atoms with Crippen molar-refractivity contribution in [1.82, 2.24) is 25.8 Å². The molecule has 1 unspecified atom stereocenters. The van der Waals surface area contributed by atoms with Crippen LogP contribution < -0.4 is 15.5 Å². The molecule has 2 aromatic heterocycles. The van der Waals surface area contributed by atoms with Crippen molar-refractivity contribution < 1.29 is 4.42 Å². The van der Waals surface area contributed by atoms with Crippen LogP contribution in [0.4, 0.5) is 5.69 Å². The summed E-state index contributed by atoms with van der Waals surface area (Å²) >= 11 is 0. The maximum Gasteiger partial charge on any atom is 0.216 e. The third-order valence-electron chi connectivity index (χ3n) is 5.36. The van der Waals surface area contributed by atoms with Gasteiger partial charge in [0.1, 0.15) is 11.9 Å². The molecule has 1 aliphatic heterocycles. The average Bonchev–Trinajstić information content (AvgIpc) is 3.51. The number of halogens is 1. The summed E-state index contributed by atoms with van der Waals surface area (Å²) in [6.45, 7) is 5.20. The second kappa shape index (κ2) is 12.2. The molecule has 0 radical (unpaired) electrons. The zero-order valence-corrected chi connectivity index (χ0v) is 21.0. The van der Waals surface area contributed by atoms with Gasteiger partial charge in [0.2, 0.25) is 5.82 Å². The molecule has 0 bridgehead atoms. The fraction of sp³-hybridized carbons (Fsp3) is 0.391. The zero-order valence-electron chi connectivity index (χ0n) is 18.6. The van der Waals surface area contributed by atoms with Crippen molar-refractivity contribution in [3.63, 3.8) is 0 Å². The lowest BCUT2D eigenvalue weighted by Crippen LogP contribution is -2.51. The first-order chi connectivity index (χ1) is 15.8. The van der Waals surface area contributed by atoms with Crippen LogP contribution in [0.3, 0.4) is 0 Å². The number of para-hydroxylation sites is 1. The molecule has 3 heterocycles. The van der Waals surface area contributed by atoms with Crippen molar-refractivity contribution >= 4 is 35.6 Å². The van der Waals surface area contributed by atoms with Crippen molar-refractivity contribution in [2.24, 2.45) is 4.99 Å². The van der Waals surface area contributed by atoms with Crippen molar-refractivity contribution in [3.05, 3.63) is 54.0 Å². The van der Waals surface area contributed by atoms with Gasteiger partial charge in [-0.1, -0.05) is 12.1 Å². The van der Waals surface area contributed by atoms with Gasteiger partial charge in [0.05, 0.1) is 17.5 Å². The van der Waals surface area contributed by atoms with E-state index in [4.69, 9.17) is 9.41 Å². The van der Waals surface area contributed by atoms with Gasteiger partial charge in [-0.3, -0.25) is 10.1 Å². The number of nitrogens with zero attached hydrogens (tertiary/aromatic N) is 5. The molecule has 174 valence electrons. The first-order valence-corrected chi connectivity index (χ1v) is 11.0. The second-order valence-electron chi connectivity index (χ2n) is 7.65. The van der Waals surface area contributed by atoms with Crippen LogP contribution >= 0.6 is 24.0 Å². The molecule has 0 spiro atoms. The van der Waals surface area contributed by atoms with Crippen molar-refractivity contribution in [3.8, 4) is 17.7 Å². The minimum Gasteiger partial charge on any atom is -0.461 e. The van der Waals surface area contributed by atoms with Crippen molar-refractivity contribution in [2.75, 3.05) is 31.1 Å². The number of hydrogen-bond donors (Lipinski definition) is 3. The number of nitriles is 1. The zero-order chi connectivity index (χ0) is 22.2. The first-order valence-electron chi connectivity index (χ1n) is 11.0. The Kier molecular flexibility index (Phi) is 9.12. The van der Waals surface area contributed by atoms with E-state index in [0.717, 1.165) is 55.5 Å². The van der Waals surface area contributed by atoms with E-state index in [1.54, 1.807) is 6.26 Å². The van der Waals surface area contributed by atoms with Gasteiger partial charge in [-0.25, -0.2) is 4.98 Å². The largest absolute Gasteiger partial charge is 0.461 e. The molecule has 1 fully saturated rings. The molecule has 33 heavy (non-hydrogen) atoms. The Balaban J connectivity index is 0.00000306. The Morgan fingerprint density at radius 3 is 3.00 bits per heavy atom. The molecular weight excluding hydrogens is 531 g/mol. The third-order valence-corrected chi connectivity index (χ3v) is 5.36. The van der Waals surface area contributed by atoms with Crippen LogP contribution in [0.5, 0.6) is 0 Å². The van der Waals surface area contributed by atoms with Gasteiger partial charge in [-0.15, -0.1) is 24.0 Å². The Labute approximate surface area is 210 Å². The highest BCUT2D eigenvalue weighted by Gasteiger charge is 2.22. The van der Waals surface area contributed by atoms with Crippen LogP contribution in [0.2, 0.25) is 0 Å². The number of benzene rings is 1. The molecular formula is C23H29IN8O. The molecule has 1 atom stereocenters. The molecule has 0 aliphatic carbocycles. The highest BCUT2D eigenvalue weighted by Crippen LogP contribution is 2.23. The standard InChI is InChI=1S/C23H28N8O.HI/c1-2-25-23(26-12-11-21-28-22(30-29-21)20-10-6-14-32-20)27-18-8-5-13-31(16-18)19-9-4-3-7-17(19)15-24;/h3-4,6-7,9-10,14,18H,2,5,8,11-13,16H2,1H3,(H2,25,26,27)(H,28,29,30);1H. The summed E-state index contributed by atoms with van der Waals surface area (Å²) in [4.78, 5) is 11.5. The Morgan fingerprint density at radius 2 is 2.21 bits per heavy atom. The number of aromatic amines is 1. The molecule has 4 rings (SSSR count). The number of aliphatic imine (C=N–C) groups is 1. The molecule has 1 saturated heterocycles. The van der Waals surface area contributed by atoms with E-state index < -0.39 is 0 Å². The Hall–Kier alpha value is -3.07. The molecule has 10 heteroatoms. The number of nitrogens with one attached hydrogen (secondary N) is 3. The van der Waals surface area contributed by atoms with E-state index in [-0.39, 0.29) is 30.0 Å². The fourth-order valence-electron chi connectivity index (χ4n) is 3.87. The molecule has 0 amide bonds. The van der Waals surface area contributed by atoms with Gasteiger partial charge in [0, 0.05) is 38.6 Å². The summed E-state index contributed by atoms with van der Waals surface area (Å²) in [5.41, 5.74) is 1.72. The van der Waals surface area contributed by atoms with E-state index >= 15 is 0 Å². The molecule has 3 aromatic rings. The van der Waals surface area contributed by atoms with Crippen LogP contribution in [0.15, 0.2) is 52.1 Å². The van der Waals surface area contributed by atoms with E-state index in [2.05, 4.69) is 43.7 Å². The van der Waals surface area contributed by atoms with Crippen LogP contribution in [-0.2, 0) is 6.42 Å². The predicted octanol–water partition coefficient (Wildman–Crippen LogP) is 3.32. The van der Waals surface area contributed by atoms with E-state index in [1.807, 2.05) is 36.4 Å². The monoisotopic (exact) mass is 560 g/mol. The average molecular weight is 560 g/mol. The van der Waals surface area contributed by atoms with E-state index in [1.165, 1.54) is 0 Å². The molecule has 9 nitrogen and oxygen atoms in total. The summed E-state index contributed by atoms with van der Waals surface area (Å²) in [6, 6.07) is 14.0. The lowest BCUT2D eigenvalue weighted by Gasteiger charge is -2.35. The molecule has 1 aliphatic rings. The third kappa shape index (κ3) is 6.47. The van der Waals surface area contributed by atoms with Crippen LogP contribution in [0, 0.1) is 11.3 Å². The van der Waals surface area contributed by atoms with Gasteiger partial charge in [-0.2, -0.15) is 10.4 Å². The van der Waals surface area contributed by atoms with Gasteiger partial charge in [0.15, 0.2) is 11.7 Å². The van der Waals surface area contributed by atoms with Gasteiger partial charge < -0.3 is 20.0 Å². The quantitative estimate of drug-likeness (QED) is 0.231. The smallest absolute Gasteiger partial charge is 0.216 e. The number of guanidine groups is 1. The minimum atomic E-state index is 0. The summed E-state index contributed by atoms with van der Waals surface area (Å²) in [5, 5.41) is 23.5. The van der Waals surface area contributed by atoms with Crippen LogP contribution in [0.25, 0.3) is 11.6 Å². The minimum absolute atomic E-state index is 0. The second-order valence-corrected chi connectivity index (χ2v) is 7.65. The maximum absolute atomic E-state index is 9.44. The summed E-state index contributed by atoms with van der Waals surface area (Å²) in [5.74, 6) is 2.76. The lowest BCUT2D eigenvalue weighted by atomic mass is 10.0. The summed E-state index contributed by atoms with van der Waals surface area (Å²) < 4.78 is 5.33. The van der Waals surface area contributed by atoms with Gasteiger partial charge in [-0.05, 0) is 44.0 Å². The van der Waals surface area contributed by atoms with E-state index in [0.29, 0.717) is 24.6 Å². The molecule has 0 saturated carbocycles. The Bertz CT molecular complexity index is 1070. The maximum atomic E-state index is 9.44. The number of H-pyrrole nitrogens is 1. The lowest BCUT2D eigenvalue weighted by molar-refractivity contribution is 0.468. The summed E-state index contributed by atoms with van der Waals surface area (Å²) in [6.07, 6.45) is 4.38. The number of aromatic nitrogens is 3. The van der Waals surface area contributed by atoms with Crippen molar-refractivity contribution in [2.45, 2.75) is 32.2 Å². The number of hydrogen-bond acceptors (Lipinski definition) is 6. The fourth-order valence-corrected chi connectivity index (χ4v) is 3.87. The normalized spacial score (nSPS) is 16.1. The molecule has 3 N–H and O–H groups in total. The topological polar surface area (TPSA) is 118 Å². The number of anilines is 1. The SMILES string of the molecule is CCNC(=NCCc1nc(-c2ccco2)n[nH]1)NC1CCCN(c2ccccc2C#N)C1.I. The number of furan rings is 1. The number of piperidine rings is 1. The first kappa shape index (κ1) is 24.6. The van der Waals surface area contributed by atoms with E-state index in [9.17, 15) is 5.26 Å². The molecule has 1 aromatic carbocycles.